The molecular formula is C30H39ClN6O3. The Morgan fingerprint density at radius 1 is 1.15 bits per heavy atom. The second-order valence-electron chi connectivity index (χ2n) is 10.7. The molecule has 2 fully saturated rings. The summed E-state index contributed by atoms with van der Waals surface area (Å²) in [6.45, 7) is 2.66. The second-order valence-corrected chi connectivity index (χ2v) is 10.7. The number of aryl methyl sites for hydroxylation is 1. The molecule has 2 aliphatic rings. The molecule has 0 radical (unpaired) electrons. The van der Waals surface area contributed by atoms with Gasteiger partial charge in [0.1, 0.15) is 11.7 Å². The summed E-state index contributed by atoms with van der Waals surface area (Å²) in [5.74, 6) is 0.691. The van der Waals surface area contributed by atoms with Crippen LogP contribution in [0.15, 0.2) is 42.5 Å². The van der Waals surface area contributed by atoms with Crippen molar-refractivity contribution in [3.8, 4) is 0 Å². The smallest absolute Gasteiger partial charge is 0.306 e. The molecule has 1 aromatic heterocycles. The van der Waals surface area contributed by atoms with Crippen LogP contribution in [0.2, 0.25) is 0 Å². The number of nitrogens with zero attached hydrogens (tertiary/aromatic N) is 3. The molecule has 0 bridgehead atoms. The van der Waals surface area contributed by atoms with Crippen LogP contribution in [-0.2, 0) is 33.5 Å². The Bertz CT molecular complexity index is 1380. The van der Waals surface area contributed by atoms with Crippen molar-refractivity contribution in [1.82, 2.24) is 14.5 Å². The number of esters is 1. The number of hydrogen-bond acceptors (Lipinski definition) is 6. The fourth-order valence-corrected chi connectivity index (χ4v) is 5.95. The van der Waals surface area contributed by atoms with Crippen molar-refractivity contribution in [1.29, 1.82) is 5.41 Å². The van der Waals surface area contributed by atoms with Gasteiger partial charge in [0.25, 0.3) is 0 Å². The molecule has 10 heteroatoms. The molecule has 1 amide bonds. The normalized spacial score (nSPS) is 15.8. The van der Waals surface area contributed by atoms with E-state index in [9.17, 15) is 9.59 Å². The molecule has 9 nitrogen and oxygen atoms in total. The minimum atomic E-state index is -0.316. The number of imidazole rings is 1. The lowest BCUT2D eigenvalue weighted by molar-refractivity contribution is -0.147. The Morgan fingerprint density at radius 2 is 1.85 bits per heavy atom. The molecule has 4 N–H and O–H groups in total. The molecule has 0 aliphatic heterocycles. The van der Waals surface area contributed by atoms with Gasteiger partial charge in [-0.2, -0.15) is 0 Å². The minimum absolute atomic E-state index is 0. The summed E-state index contributed by atoms with van der Waals surface area (Å²) in [7, 11) is 2.02. The van der Waals surface area contributed by atoms with Gasteiger partial charge in [0, 0.05) is 30.8 Å². The van der Waals surface area contributed by atoms with E-state index >= 15 is 0 Å². The zero-order valence-corrected chi connectivity index (χ0v) is 24.1. The van der Waals surface area contributed by atoms with Crippen molar-refractivity contribution in [2.24, 2.45) is 12.8 Å². The number of halogens is 1. The van der Waals surface area contributed by atoms with Crippen molar-refractivity contribution in [2.75, 3.05) is 11.9 Å². The van der Waals surface area contributed by atoms with Gasteiger partial charge in [-0.25, -0.2) is 4.98 Å². The number of aromatic nitrogens is 2. The van der Waals surface area contributed by atoms with Crippen LogP contribution in [0.3, 0.4) is 0 Å². The first-order chi connectivity index (χ1) is 18.8. The van der Waals surface area contributed by atoms with E-state index in [-0.39, 0.29) is 54.5 Å². The number of anilines is 1. The second kappa shape index (κ2) is 12.3. The van der Waals surface area contributed by atoms with Crippen LogP contribution in [-0.4, -0.2) is 44.8 Å². The zero-order chi connectivity index (χ0) is 27.6. The number of fused-ring (bicyclic) bond motifs is 1. The molecule has 1 heterocycles. The molecule has 2 saturated carbocycles. The van der Waals surface area contributed by atoms with Crippen molar-refractivity contribution in [2.45, 2.75) is 76.4 Å². The Morgan fingerprint density at radius 3 is 2.48 bits per heavy atom. The average molecular weight is 567 g/mol. The predicted molar refractivity (Wildman–Crippen MR) is 159 cm³/mol. The van der Waals surface area contributed by atoms with Crippen LogP contribution in [0.1, 0.15) is 75.2 Å². The van der Waals surface area contributed by atoms with Gasteiger partial charge in [-0.3, -0.25) is 15.0 Å². The summed E-state index contributed by atoms with van der Waals surface area (Å²) in [4.78, 5) is 32.6. The third kappa shape index (κ3) is 5.94. The first-order valence-electron chi connectivity index (χ1n) is 13.9. The summed E-state index contributed by atoms with van der Waals surface area (Å²) < 4.78 is 7.16. The van der Waals surface area contributed by atoms with Crippen LogP contribution in [0.4, 0.5) is 5.69 Å². The van der Waals surface area contributed by atoms with Crippen molar-refractivity contribution in [3.05, 3.63) is 59.4 Å². The number of ether oxygens (including phenoxy) is 1. The third-order valence-electron chi connectivity index (χ3n) is 8.15. The molecular weight excluding hydrogens is 528 g/mol. The molecule has 0 spiro atoms. The number of carbonyl (C=O) groups is 2. The van der Waals surface area contributed by atoms with Crippen LogP contribution < -0.4 is 11.1 Å². The molecule has 40 heavy (non-hydrogen) atoms. The Hall–Kier alpha value is -3.59. The van der Waals surface area contributed by atoms with Gasteiger partial charge in [-0.1, -0.05) is 18.9 Å². The molecule has 0 saturated heterocycles. The largest absolute Gasteiger partial charge is 0.466 e. The minimum Gasteiger partial charge on any atom is -0.466 e. The summed E-state index contributed by atoms with van der Waals surface area (Å²) in [5.41, 5.74) is 9.94. The number of carbonyl (C=O) groups excluding carboxylic acids is 2. The number of benzene rings is 2. The van der Waals surface area contributed by atoms with Crippen molar-refractivity contribution < 1.29 is 14.3 Å². The monoisotopic (exact) mass is 566 g/mol. The summed E-state index contributed by atoms with van der Waals surface area (Å²) >= 11 is 0. The highest BCUT2D eigenvalue weighted by atomic mass is 35.5. The number of hydrogen-bond donors (Lipinski definition) is 3. The van der Waals surface area contributed by atoms with E-state index in [0.717, 1.165) is 66.6 Å². The fraction of sp³-hybridized carbons (Fsp3) is 0.467. The lowest BCUT2D eigenvalue weighted by atomic mass is 9.98. The van der Waals surface area contributed by atoms with Crippen LogP contribution >= 0.6 is 12.4 Å². The molecule has 2 aliphatic carbocycles. The maximum atomic E-state index is 13.6. The molecule has 2 aromatic carbocycles. The number of rotatable bonds is 11. The molecule has 3 aromatic rings. The van der Waals surface area contributed by atoms with Gasteiger partial charge in [0.2, 0.25) is 5.91 Å². The molecule has 214 valence electrons. The summed E-state index contributed by atoms with van der Waals surface area (Å²) in [6, 6.07) is 14.1. The van der Waals surface area contributed by atoms with Gasteiger partial charge in [-0.05, 0) is 74.6 Å². The predicted octanol–water partition coefficient (Wildman–Crippen LogP) is 4.99. The van der Waals surface area contributed by atoms with E-state index in [2.05, 4.69) is 33.0 Å². The summed E-state index contributed by atoms with van der Waals surface area (Å²) in [6.07, 6.45) is 6.47. The van der Waals surface area contributed by atoms with Gasteiger partial charge < -0.3 is 25.3 Å². The quantitative estimate of drug-likeness (QED) is 0.170. The Kier molecular flexibility index (Phi) is 9.03. The van der Waals surface area contributed by atoms with E-state index in [1.165, 1.54) is 0 Å². The number of nitrogens with two attached hydrogens (primary N) is 1. The van der Waals surface area contributed by atoms with Crippen LogP contribution in [0.25, 0.3) is 11.0 Å². The SMILES string of the molecule is CCOC(=O)CCC(=O)N(C1CCCC1)C1(c2ccc3c(c2)nc(CNc2ccc(C(=N)N)cc2)n3C)CC1.Cl. The standard InChI is InChI=1S/C30H38N6O3.ClH/c1-3-39-28(38)15-14-27(37)36(23-6-4-5-7-23)30(16-17-30)21-10-13-25-24(18-21)34-26(35(25)2)19-33-22-11-8-20(9-12-22)29(31)32;/h8-13,18,23,33H,3-7,14-17,19H2,1-2H3,(H3,31,32);1H. The highest BCUT2D eigenvalue weighted by Crippen LogP contribution is 2.54. The average Bonchev–Trinajstić information content (AvgIpc) is 3.41. The van der Waals surface area contributed by atoms with Gasteiger partial charge in [0.05, 0.1) is 36.1 Å². The van der Waals surface area contributed by atoms with Crippen molar-refractivity contribution in [3.63, 3.8) is 0 Å². The maximum Gasteiger partial charge on any atom is 0.306 e. The third-order valence-corrected chi connectivity index (χ3v) is 8.15. The maximum absolute atomic E-state index is 13.6. The number of amidine groups is 1. The lowest BCUT2D eigenvalue weighted by Crippen LogP contribution is -2.46. The van der Waals surface area contributed by atoms with E-state index in [0.29, 0.717) is 18.7 Å². The fourth-order valence-electron chi connectivity index (χ4n) is 5.95. The zero-order valence-electron chi connectivity index (χ0n) is 23.2. The topological polar surface area (TPSA) is 126 Å². The molecule has 0 atom stereocenters. The van der Waals surface area contributed by atoms with E-state index in [4.69, 9.17) is 20.9 Å². The van der Waals surface area contributed by atoms with Crippen molar-refractivity contribution >= 4 is 46.8 Å². The highest BCUT2D eigenvalue weighted by Gasteiger charge is 2.54. The number of nitrogen functional groups attached to an aromatic ring is 1. The first-order valence-corrected chi connectivity index (χ1v) is 13.9. The highest BCUT2D eigenvalue weighted by molar-refractivity contribution is 5.95. The van der Waals surface area contributed by atoms with Gasteiger partial charge in [0.15, 0.2) is 0 Å². The Balaban J connectivity index is 0.00000370. The van der Waals surface area contributed by atoms with Gasteiger partial charge >= 0.3 is 5.97 Å². The van der Waals surface area contributed by atoms with Gasteiger partial charge in [-0.15, -0.1) is 12.4 Å². The molecule has 0 unspecified atom stereocenters. The van der Waals surface area contributed by atoms with E-state index in [1.807, 2.05) is 31.3 Å². The van der Waals surface area contributed by atoms with Crippen LogP contribution in [0, 0.1) is 5.41 Å². The van der Waals surface area contributed by atoms with E-state index < -0.39 is 0 Å². The Labute approximate surface area is 241 Å². The number of amides is 1. The summed E-state index contributed by atoms with van der Waals surface area (Å²) in [5, 5.41) is 11.0. The lowest BCUT2D eigenvalue weighted by Gasteiger charge is -2.38. The molecule has 5 rings (SSSR count). The number of nitrogens with one attached hydrogen (secondary N) is 2. The van der Waals surface area contributed by atoms with E-state index in [1.54, 1.807) is 6.92 Å². The first kappa shape index (κ1) is 29.4. The van der Waals surface area contributed by atoms with Crippen LogP contribution in [0.5, 0.6) is 0 Å².